The Balaban J connectivity index is 0.00000225. The Labute approximate surface area is 177 Å². The van der Waals surface area contributed by atoms with Crippen LogP contribution in [-0.4, -0.2) is 43.5 Å². The van der Waals surface area contributed by atoms with Crippen LogP contribution in [-0.2, 0) is 11.1 Å². The van der Waals surface area contributed by atoms with Gasteiger partial charge in [0, 0.05) is 24.4 Å². The second kappa shape index (κ2) is 7.40. The summed E-state index contributed by atoms with van der Waals surface area (Å²) < 4.78 is 18.7. The van der Waals surface area contributed by atoms with Crippen molar-refractivity contribution in [1.82, 2.24) is 14.3 Å². The largest absolute Gasteiger partial charge is 0.384 e. The Morgan fingerprint density at radius 2 is 2.14 bits per heavy atom. The number of aliphatic hydroxyl groups is 1. The molecule has 152 valence electrons. The molecule has 0 spiro atoms. The Morgan fingerprint density at radius 1 is 1.39 bits per heavy atom. The van der Waals surface area contributed by atoms with Gasteiger partial charge in [-0.2, -0.15) is 0 Å². The zero-order valence-electron chi connectivity index (χ0n) is 15.7. The van der Waals surface area contributed by atoms with Crippen molar-refractivity contribution >= 4 is 46.8 Å². The smallest absolute Gasteiger partial charge is 0.226 e. The van der Waals surface area contributed by atoms with Gasteiger partial charge in [0.15, 0.2) is 11.0 Å². The molecule has 1 fully saturated rings. The summed E-state index contributed by atoms with van der Waals surface area (Å²) >= 11 is 2.96. The van der Waals surface area contributed by atoms with Crippen LogP contribution in [0.15, 0.2) is 17.3 Å². The molecule has 1 saturated heterocycles. The monoisotopic (exact) mass is 444 g/mol. The van der Waals surface area contributed by atoms with Crippen LogP contribution in [0.3, 0.4) is 0 Å². The fourth-order valence-corrected chi connectivity index (χ4v) is 5.42. The van der Waals surface area contributed by atoms with Gasteiger partial charge in [-0.25, -0.2) is 23.7 Å². The van der Waals surface area contributed by atoms with Crippen LogP contribution in [0.4, 0.5) is 10.3 Å². The lowest BCUT2D eigenvalue weighted by Gasteiger charge is -2.32. The number of anilines is 1. The number of fused-ring (bicyclic) bond motifs is 1. The van der Waals surface area contributed by atoms with Crippen LogP contribution in [0, 0.1) is 18.7 Å². The normalized spacial score (nSPS) is 24.5. The molecule has 1 unspecified atom stereocenters. The molecule has 7 nitrogen and oxygen atoms in total. The van der Waals surface area contributed by atoms with Gasteiger partial charge >= 0.3 is 0 Å². The summed E-state index contributed by atoms with van der Waals surface area (Å²) in [5.41, 5.74) is 4.39. The number of rotatable bonds is 3. The fraction of sp³-hybridized carbons (Fsp3) is 0.529. The zero-order chi connectivity index (χ0) is 19.4. The molecule has 3 N–H and O–H groups in total. The number of aliphatic imine (C=N–C) groups is 1. The third-order valence-electron chi connectivity index (χ3n) is 5.02. The maximum atomic E-state index is 14.5. The van der Waals surface area contributed by atoms with E-state index in [0.717, 1.165) is 10.6 Å². The van der Waals surface area contributed by atoms with Gasteiger partial charge in [-0.05, 0) is 38.4 Å². The van der Waals surface area contributed by atoms with Crippen molar-refractivity contribution in [2.75, 3.05) is 23.7 Å². The van der Waals surface area contributed by atoms with Crippen LogP contribution in [0.5, 0.6) is 0 Å². The Hall–Kier alpha value is -1.49. The van der Waals surface area contributed by atoms with E-state index in [2.05, 4.69) is 14.3 Å². The highest BCUT2D eigenvalue weighted by atomic mass is 35.5. The zero-order valence-corrected chi connectivity index (χ0v) is 18.2. The van der Waals surface area contributed by atoms with E-state index >= 15 is 0 Å². The van der Waals surface area contributed by atoms with E-state index in [1.807, 2.05) is 11.0 Å². The summed E-state index contributed by atoms with van der Waals surface area (Å²) in [7, 11) is 0. The molecule has 0 bridgehead atoms. The Bertz CT molecular complexity index is 904. The predicted octanol–water partition coefficient (Wildman–Crippen LogP) is 2.42. The second-order valence-electron chi connectivity index (χ2n) is 7.47. The first-order valence-electron chi connectivity index (χ1n) is 8.62. The molecule has 2 atom stereocenters. The van der Waals surface area contributed by atoms with Crippen molar-refractivity contribution in [2.24, 2.45) is 16.6 Å². The van der Waals surface area contributed by atoms with Crippen molar-refractivity contribution < 1.29 is 9.50 Å². The number of thioether (sulfide) groups is 1. The lowest BCUT2D eigenvalue weighted by molar-refractivity contribution is 0.0691. The van der Waals surface area contributed by atoms with Crippen molar-refractivity contribution in [3.63, 3.8) is 0 Å². The van der Waals surface area contributed by atoms with Crippen molar-refractivity contribution in [2.45, 2.75) is 31.9 Å². The topological polar surface area (TPSA) is 101 Å². The number of nitrogens with two attached hydrogens (primary N) is 1. The van der Waals surface area contributed by atoms with Gasteiger partial charge in [0.1, 0.15) is 16.8 Å². The summed E-state index contributed by atoms with van der Waals surface area (Å²) in [6.07, 6.45) is 1.77. The van der Waals surface area contributed by atoms with E-state index in [1.165, 1.54) is 25.4 Å². The predicted molar refractivity (Wildman–Crippen MR) is 113 cm³/mol. The first-order chi connectivity index (χ1) is 12.7. The molecule has 2 aromatic heterocycles. The molecule has 0 saturated carbocycles. The number of aromatic nitrogens is 3. The van der Waals surface area contributed by atoms with E-state index in [1.54, 1.807) is 24.9 Å². The standard InChI is InChI=1S/C17H21FN6OS2.ClH/c1-9-12(18)13(16(2,3)25)22-15(21-9)24-6-10-7-26-14(19)23-17(10,8-24)11-4-5-20-27-11;/h4-5,10,25H,6-8H2,1-3H3,(H2,19,23);1H/t10-,17?;/m0./s1. The highest BCUT2D eigenvalue weighted by Gasteiger charge is 2.52. The van der Waals surface area contributed by atoms with Gasteiger partial charge in [-0.1, -0.05) is 11.8 Å². The quantitative estimate of drug-likeness (QED) is 0.749. The third-order valence-corrected chi connectivity index (χ3v) is 6.89. The Morgan fingerprint density at radius 3 is 2.79 bits per heavy atom. The van der Waals surface area contributed by atoms with Crippen LogP contribution < -0.4 is 10.6 Å². The van der Waals surface area contributed by atoms with E-state index < -0.39 is 17.0 Å². The van der Waals surface area contributed by atoms with Gasteiger partial charge < -0.3 is 15.7 Å². The van der Waals surface area contributed by atoms with Gasteiger partial charge in [0.2, 0.25) is 5.95 Å². The van der Waals surface area contributed by atoms with Crippen molar-refractivity contribution in [3.05, 3.63) is 34.3 Å². The molecule has 2 aromatic rings. The molecular formula is C17H22ClFN6OS2. The Kier molecular flexibility index (Phi) is 5.61. The van der Waals surface area contributed by atoms with Crippen molar-refractivity contribution in [1.29, 1.82) is 0 Å². The minimum absolute atomic E-state index is 0. The van der Waals surface area contributed by atoms with E-state index in [-0.39, 0.29) is 29.7 Å². The number of halogens is 2. The maximum absolute atomic E-state index is 14.5. The highest BCUT2D eigenvalue weighted by Crippen LogP contribution is 2.47. The lowest BCUT2D eigenvalue weighted by Crippen LogP contribution is -2.39. The first kappa shape index (κ1) is 21.2. The van der Waals surface area contributed by atoms with Crippen LogP contribution in [0.2, 0.25) is 0 Å². The molecular weight excluding hydrogens is 423 g/mol. The number of hydrogen-bond donors (Lipinski definition) is 2. The summed E-state index contributed by atoms with van der Waals surface area (Å²) in [6.45, 7) is 5.84. The summed E-state index contributed by atoms with van der Waals surface area (Å²) in [6, 6.07) is 1.98. The van der Waals surface area contributed by atoms with Crippen LogP contribution in [0.25, 0.3) is 0 Å². The molecule has 4 rings (SSSR count). The minimum atomic E-state index is -1.40. The van der Waals surface area contributed by atoms with Crippen LogP contribution in [0.1, 0.15) is 30.1 Å². The van der Waals surface area contributed by atoms with Gasteiger partial charge in [0.25, 0.3) is 0 Å². The lowest BCUT2D eigenvalue weighted by atomic mass is 9.87. The van der Waals surface area contributed by atoms with Gasteiger partial charge in [-0.3, -0.25) is 0 Å². The van der Waals surface area contributed by atoms with Crippen molar-refractivity contribution in [3.8, 4) is 0 Å². The molecule has 0 radical (unpaired) electrons. The first-order valence-corrected chi connectivity index (χ1v) is 10.4. The van der Waals surface area contributed by atoms with E-state index in [4.69, 9.17) is 10.7 Å². The molecule has 0 aromatic carbocycles. The molecule has 2 aliphatic rings. The highest BCUT2D eigenvalue weighted by molar-refractivity contribution is 8.13. The molecule has 0 aliphatic carbocycles. The van der Waals surface area contributed by atoms with E-state index in [0.29, 0.717) is 24.2 Å². The summed E-state index contributed by atoms with van der Waals surface area (Å²) in [4.78, 5) is 16.6. The average molecular weight is 445 g/mol. The average Bonchev–Trinajstić information content (AvgIpc) is 3.23. The number of hydrogen-bond acceptors (Lipinski definition) is 9. The van der Waals surface area contributed by atoms with Gasteiger partial charge in [-0.15, -0.1) is 12.4 Å². The maximum Gasteiger partial charge on any atom is 0.226 e. The van der Waals surface area contributed by atoms with Crippen LogP contribution >= 0.6 is 35.7 Å². The second-order valence-corrected chi connectivity index (χ2v) is 9.34. The molecule has 2 aliphatic heterocycles. The minimum Gasteiger partial charge on any atom is -0.384 e. The molecule has 0 amide bonds. The molecule has 4 heterocycles. The van der Waals surface area contributed by atoms with E-state index in [9.17, 15) is 9.50 Å². The van der Waals surface area contributed by atoms with Gasteiger partial charge in [0.05, 0.1) is 17.1 Å². The third kappa shape index (κ3) is 3.47. The number of amidine groups is 1. The SMILES string of the molecule is Cc1nc(N2C[C@H]3CSC(N)=NC3(c3ccns3)C2)nc(C(C)(C)O)c1F.Cl. The molecule has 28 heavy (non-hydrogen) atoms. The molecule has 11 heteroatoms. The summed E-state index contributed by atoms with van der Waals surface area (Å²) in [5, 5.41) is 10.9. The summed E-state index contributed by atoms with van der Waals surface area (Å²) in [5.74, 6) is 0.887. The number of aryl methyl sites for hydroxylation is 1. The number of nitrogens with zero attached hydrogens (tertiary/aromatic N) is 5. The fourth-order valence-electron chi connectivity index (χ4n) is 3.65.